The standard InChI is InChI=1S/C51H32N4OS/c1-4-14-32(15-5-1)37-20-10-11-23-42(37)52-36-27-28-40-46(31-36)57-45-25-13-22-39(48(40)45)38-21-12-24-44-47(38)41-30-35(26-29-43(41)56-44)51-54-49(33-16-6-2-7-17-33)53-50(55-51)34-18-8-3-9-19-34/h1-31,52H. The van der Waals surface area contributed by atoms with Gasteiger partial charge in [0.05, 0.1) is 0 Å². The molecule has 0 fully saturated rings. The number of rotatable bonds is 7. The molecule has 0 unspecified atom stereocenters. The Hall–Kier alpha value is -7.41. The summed E-state index contributed by atoms with van der Waals surface area (Å²) in [6.07, 6.45) is 0. The maximum absolute atomic E-state index is 6.53. The number of fused-ring (bicyclic) bond motifs is 6. The van der Waals surface area contributed by atoms with E-state index in [0.29, 0.717) is 17.5 Å². The molecule has 11 aromatic rings. The minimum atomic E-state index is 0.609. The van der Waals surface area contributed by atoms with Gasteiger partial charge >= 0.3 is 0 Å². The number of hydrogen-bond donors (Lipinski definition) is 1. The van der Waals surface area contributed by atoms with Crippen molar-refractivity contribution in [3.8, 4) is 56.4 Å². The Kier molecular flexibility index (Phi) is 7.93. The van der Waals surface area contributed by atoms with Gasteiger partial charge < -0.3 is 9.73 Å². The van der Waals surface area contributed by atoms with Crippen molar-refractivity contribution in [2.45, 2.75) is 0 Å². The molecule has 11 rings (SSSR count). The number of benzene rings is 8. The fraction of sp³-hybridized carbons (Fsp3) is 0. The van der Waals surface area contributed by atoms with Gasteiger partial charge in [0.1, 0.15) is 11.2 Å². The van der Waals surface area contributed by atoms with Gasteiger partial charge in [-0.1, -0.05) is 140 Å². The molecule has 0 saturated heterocycles. The average Bonchev–Trinajstić information content (AvgIpc) is 3.85. The topological polar surface area (TPSA) is 63.8 Å². The number of aromatic nitrogens is 3. The van der Waals surface area contributed by atoms with Crippen molar-refractivity contribution in [1.82, 2.24) is 15.0 Å². The Morgan fingerprint density at radius 3 is 1.70 bits per heavy atom. The fourth-order valence-electron chi connectivity index (χ4n) is 7.87. The summed E-state index contributed by atoms with van der Waals surface area (Å²) in [6, 6.07) is 65.1. The first-order valence-electron chi connectivity index (χ1n) is 18.9. The maximum atomic E-state index is 6.53. The first kappa shape index (κ1) is 33.0. The van der Waals surface area contributed by atoms with Crippen molar-refractivity contribution in [1.29, 1.82) is 0 Å². The zero-order chi connectivity index (χ0) is 37.7. The van der Waals surface area contributed by atoms with Crippen LogP contribution in [0.4, 0.5) is 11.4 Å². The van der Waals surface area contributed by atoms with Crippen LogP contribution in [-0.4, -0.2) is 15.0 Å². The molecule has 0 aliphatic rings. The third-order valence-corrected chi connectivity index (χ3v) is 11.6. The highest BCUT2D eigenvalue weighted by Gasteiger charge is 2.19. The molecule has 0 bridgehead atoms. The Balaban J connectivity index is 1.03. The lowest BCUT2D eigenvalue weighted by Gasteiger charge is -2.12. The predicted molar refractivity (Wildman–Crippen MR) is 237 cm³/mol. The van der Waals surface area contributed by atoms with Gasteiger partial charge in [0, 0.05) is 64.6 Å². The second-order valence-electron chi connectivity index (χ2n) is 14.1. The number of furan rings is 1. The maximum Gasteiger partial charge on any atom is 0.164 e. The van der Waals surface area contributed by atoms with Crippen LogP contribution in [-0.2, 0) is 0 Å². The van der Waals surface area contributed by atoms with E-state index >= 15 is 0 Å². The van der Waals surface area contributed by atoms with Crippen molar-refractivity contribution in [2.24, 2.45) is 0 Å². The van der Waals surface area contributed by atoms with E-state index in [0.717, 1.165) is 55.6 Å². The SMILES string of the molecule is c1ccc(-c2nc(-c3ccccc3)nc(-c3ccc4oc5cccc(-c6cccc7sc8cc(Nc9ccccc9-c9ccccc9)ccc8c67)c5c4c3)n2)cc1. The summed E-state index contributed by atoms with van der Waals surface area (Å²) in [5, 5.41) is 8.27. The zero-order valence-electron chi connectivity index (χ0n) is 30.6. The lowest BCUT2D eigenvalue weighted by molar-refractivity contribution is 0.669. The van der Waals surface area contributed by atoms with Crippen LogP contribution >= 0.6 is 11.3 Å². The van der Waals surface area contributed by atoms with Crippen LogP contribution in [0.2, 0.25) is 0 Å². The van der Waals surface area contributed by atoms with Gasteiger partial charge in [-0.2, -0.15) is 0 Å². The Morgan fingerprint density at radius 1 is 0.386 bits per heavy atom. The molecule has 0 aliphatic carbocycles. The van der Waals surface area contributed by atoms with Crippen LogP contribution in [0.25, 0.3) is 98.5 Å². The van der Waals surface area contributed by atoms with E-state index in [1.807, 2.05) is 84.1 Å². The number of hydrogen-bond acceptors (Lipinski definition) is 6. The Morgan fingerprint density at radius 2 is 0.982 bits per heavy atom. The van der Waals surface area contributed by atoms with Crippen LogP contribution in [0.5, 0.6) is 0 Å². The molecule has 1 N–H and O–H groups in total. The van der Waals surface area contributed by atoms with E-state index in [-0.39, 0.29) is 0 Å². The molecule has 57 heavy (non-hydrogen) atoms. The molecular weight excluding hydrogens is 717 g/mol. The van der Waals surface area contributed by atoms with Gasteiger partial charge in [-0.3, -0.25) is 0 Å². The molecule has 0 aliphatic heterocycles. The second-order valence-corrected chi connectivity index (χ2v) is 15.1. The summed E-state index contributed by atoms with van der Waals surface area (Å²) in [7, 11) is 0. The molecule has 3 heterocycles. The summed E-state index contributed by atoms with van der Waals surface area (Å²) < 4.78 is 8.99. The van der Waals surface area contributed by atoms with Crippen molar-refractivity contribution in [3.05, 3.63) is 188 Å². The minimum Gasteiger partial charge on any atom is -0.456 e. The minimum absolute atomic E-state index is 0.609. The highest BCUT2D eigenvalue weighted by molar-refractivity contribution is 7.26. The van der Waals surface area contributed by atoms with Crippen molar-refractivity contribution in [2.75, 3.05) is 5.32 Å². The Bertz CT molecular complexity index is 3210. The molecule has 0 amide bonds. The molecular formula is C51H32N4OS. The van der Waals surface area contributed by atoms with Crippen LogP contribution < -0.4 is 5.32 Å². The molecule has 268 valence electrons. The quantitative estimate of drug-likeness (QED) is 0.176. The van der Waals surface area contributed by atoms with Crippen LogP contribution in [0.15, 0.2) is 192 Å². The lowest BCUT2D eigenvalue weighted by atomic mass is 9.95. The number of nitrogens with one attached hydrogen (secondary N) is 1. The van der Waals surface area contributed by atoms with Gasteiger partial charge in [0.15, 0.2) is 17.5 Å². The first-order chi connectivity index (χ1) is 28.2. The normalized spacial score (nSPS) is 11.5. The van der Waals surface area contributed by atoms with Gasteiger partial charge in [0.25, 0.3) is 0 Å². The summed E-state index contributed by atoms with van der Waals surface area (Å²) >= 11 is 1.82. The number of nitrogens with zero attached hydrogens (tertiary/aromatic N) is 3. The van der Waals surface area contributed by atoms with E-state index in [1.165, 1.54) is 36.9 Å². The van der Waals surface area contributed by atoms with E-state index in [1.54, 1.807) is 0 Å². The van der Waals surface area contributed by atoms with E-state index in [2.05, 4.69) is 121 Å². The molecule has 8 aromatic carbocycles. The lowest BCUT2D eigenvalue weighted by Crippen LogP contribution is -2.00. The average molecular weight is 749 g/mol. The summed E-state index contributed by atoms with van der Waals surface area (Å²) in [4.78, 5) is 14.9. The van der Waals surface area contributed by atoms with Crippen LogP contribution in [0.3, 0.4) is 0 Å². The molecule has 0 saturated carbocycles. The fourth-order valence-corrected chi connectivity index (χ4v) is 9.04. The number of thiophene rings is 1. The molecule has 0 spiro atoms. The first-order valence-corrected chi connectivity index (χ1v) is 19.7. The largest absolute Gasteiger partial charge is 0.456 e. The summed E-state index contributed by atoms with van der Waals surface area (Å²) in [6.45, 7) is 0. The number of anilines is 2. The van der Waals surface area contributed by atoms with E-state index < -0.39 is 0 Å². The highest BCUT2D eigenvalue weighted by atomic mass is 32.1. The Labute approximate surface area is 332 Å². The molecule has 3 aromatic heterocycles. The predicted octanol–water partition coefficient (Wildman–Crippen LogP) is 14.2. The molecule has 0 radical (unpaired) electrons. The summed E-state index contributed by atoms with van der Waals surface area (Å²) in [5.41, 5.74) is 11.2. The van der Waals surface area contributed by atoms with E-state index in [4.69, 9.17) is 19.4 Å². The third-order valence-electron chi connectivity index (χ3n) is 10.5. The zero-order valence-corrected chi connectivity index (χ0v) is 31.4. The van der Waals surface area contributed by atoms with Crippen molar-refractivity contribution < 1.29 is 4.42 Å². The van der Waals surface area contributed by atoms with Gasteiger partial charge in [-0.25, -0.2) is 15.0 Å². The number of para-hydroxylation sites is 1. The van der Waals surface area contributed by atoms with Gasteiger partial charge in [-0.15, -0.1) is 11.3 Å². The van der Waals surface area contributed by atoms with Crippen LogP contribution in [0, 0.1) is 0 Å². The van der Waals surface area contributed by atoms with Gasteiger partial charge in [-0.05, 0) is 65.2 Å². The third kappa shape index (κ3) is 5.91. The van der Waals surface area contributed by atoms with Crippen LogP contribution in [0.1, 0.15) is 0 Å². The van der Waals surface area contributed by atoms with E-state index in [9.17, 15) is 0 Å². The monoisotopic (exact) mass is 748 g/mol. The molecule has 0 atom stereocenters. The molecule has 5 nitrogen and oxygen atoms in total. The second kappa shape index (κ2) is 13.7. The highest BCUT2D eigenvalue weighted by Crippen LogP contribution is 2.45. The summed E-state index contributed by atoms with van der Waals surface area (Å²) in [5.74, 6) is 1.87. The smallest absolute Gasteiger partial charge is 0.164 e. The van der Waals surface area contributed by atoms with Crippen molar-refractivity contribution in [3.63, 3.8) is 0 Å². The van der Waals surface area contributed by atoms with Gasteiger partial charge in [0.2, 0.25) is 0 Å². The molecule has 6 heteroatoms. The van der Waals surface area contributed by atoms with Crippen molar-refractivity contribution >= 4 is 64.8 Å².